The molecule has 0 bridgehead atoms. The molecule has 2 aromatic rings. The number of carbonyl (C=O) groups is 1. The predicted octanol–water partition coefficient (Wildman–Crippen LogP) is 3.75. The Morgan fingerprint density at radius 3 is 2.48 bits per heavy atom. The number of nitrogens with one attached hydrogen (secondary N) is 1. The number of phenols is 1. The number of nitrogens with zero attached hydrogens (tertiary/aromatic N) is 2. The summed E-state index contributed by atoms with van der Waals surface area (Å²) >= 11 is 6.57. The van der Waals surface area contributed by atoms with Crippen molar-refractivity contribution >= 4 is 49.7 Å². The number of hydrogen-bond donors (Lipinski definition) is 2. The fraction of sp³-hybridized carbons (Fsp3) is 0.125. The van der Waals surface area contributed by atoms with Crippen molar-refractivity contribution in [3.05, 3.63) is 56.5 Å². The highest BCUT2D eigenvalue weighted by atomic mass is 79.9. The number of phenolic OH excluding ortho intramolecular Hbond substituents is 1. The quantitative estimate of drug-likeness (QED) is 0.562. The van der Waals surface area contributed by atoms with Crippen molar-refractivity contribution in [1.82, 2.24) is 5.43 Å². The van der Waals surface area contributed by atoms with E-state index in [1.807, 2.05) is 31.1 Å². The van der Waals surface area contributed by atoms with Crippen LogP contribution in [-0.4, -0.2) is 31.3 Å². The second-order valence-electron chi connectivity index (χ2n) is 4.97. The van der Waals surface area contributed by atoms with Gasteiger partial charge in [0.15, 0.2) is 0 Å². The van der Waals surface area contributed by atoms with Gasteiger partial charge in [-0.2, -0.15) is 5.10 Å². The van der Waals surface area contributed by atoms with Gasteiger partial charge >= 0.3 is 0 Å². The molecule has 0 aliphatic heterocycles. The second-order valence-corrected chi connectivity index (χ2v) is 6.74. The topological polar surface area (TPSA) is 64.9 Å². The average Bonchev–Trinajstić information content (AvgIpc) is 2.51. The van der Waals surface area contributed by atoms with E-state index in [2.05, 4.69) is 42.4 Å². The van der Waals surface area contributed by atoms with E-state index in [-0.39, 0.29) is 11.7 Å². The highest BCUT2D eigenvalue weighted by Crippen LogP contribution is 2.30. The minimum Gasteiger partial charge on any atom is -0.506 e. The summed E-state index contributed by atoms with van der Waals surface area (Å²) in [5.41, 5.74) is 4.43. The van der Waals surface area contributed by atoms with E-state index in [0.717, 1.165) is 10.2 Å². The lowest BCUT2D eigenvalue weighted by Crippen LogP contribution is -2.18. The Morgan fingerprint density at radius 1 is 1.22 bits per heavy atom. The fourth-order valence-corrected chi connectivity index (χ4v) is 3.08. The standard InChI is InChI=1S/C16H15Br2N3O2/c1-21(2)13-5-3-10(4-6-13)16(23)20-19-9-11-7-12(17)8-14(18)15(11)22/h3-9,22H,1-2H3,(H,20,23). The van der Waals surface area contributed by atoms with Crippen molar-refractivity contribution in [2.75, 3.05) is 19.0 Å². The molecule has 0 aliphatic carbocycles. The van der Waals surface area contributed by atoms with Gasteiger partial charge in [0, 0.05) is 35.4 Å². The normalized spacial score (nSPS) is 10.8. The lowest BCUT2D eigenvalue weighted by molar-refractivity contribution is 0.0955. The van der Waals surface area contributed by atoms with Crippen LogP contribution in [0, 0.1) is 0 Å². The molecule has 2 aromatic carbocycles. The number of amides is 1. The molecule has 1 amide bonds. The second kappa shape index (κ2) is 7.61. The number of halogens is 2. The Balaban J connectivity index is 2.07. The van der Waals surface area contributed by atoms with Crippen molar-refractivity contribution in [3.63, 3.8) is 0 Å². The minimum absolute atomic E-state index is 0.0570. The maximum absolute atomic E-state index is 12.0. The van der Waals surface area contributed by atoms with Gasteiger partial charge in [-0.15, -0.1) is 0 Å². The van der Waals surface area contributed by atoms with E-state index >= 15 is 0 Å². The molecule has 7 heteroatoms. The Hall–Kier alpha value is -1.86. The van der Waals surface area contributed by atoms with E-state index in [1.165, 1.54) is 6.21 Å². The molecular weight excluding hydrogens is 426 g/mol. The van der Waals surface area contributed by atoms with Gasteiger partial charge in [0.25, 0.3) is 5.91 Å². The summed E-state index contributed by atoms with van der Waals surface area (Å²) in [7, 11) is 3.87. The molecule has 120 valence electrons. The first-order valence-corrected chi connectivity index (χ1v) is 8.26. The van der Waals surface area contributed by atoms with Crippen LogP contribution in [-0.2, 0) is 0 Å². The Bertz CT molecular complexity index is 744. The lowest BCUT2D eigenvalue weighted by atomic mass is 10.2. The number of benzene rings is 2. The Labute approximate surface area is 151 Å². The van der Waals surface area contributed by atoms with Gasteiger partial charge in [0.05, 0.1) is 10.7 Å². The molecule has 2 N–H and O–H groups in total. The SMILES string of the molecule is CN(C)c1ccc(C(=O)NN=Cc2cc(Br)cc(Br)c2O)cc1. The number of hydrazone groups is 1. The Morgan fingerprint density at radius 2 is 1.87 bits per heavy atom. The molecule has 5 nitrogen and oxygen atoms in total. The van der Waals surface area contributed by atoms with Gasteiger partial charge in [-0.05, 0) is 52.3 Å². The van der Waals surface area contributed by atoms with Crippen molar-refractivity contribution in [3.8, 4) is 5.75 Å². The molecule has 0 saturated heterocycles. The van der Waals surface area contributed by atoms with E-state index < -0.39 is 0 Å². The van der Waals surface area contributed by atoms with Crippen LogP contribution in [0.4, 0.5) is 5.69 Å². The third kappa shape index (κ3) is 4.56. The van der Waals surface area contributed by atoms with Crippen LogP contribution in [0.15, 0.2) is 50.4 Å². The maximum atomic E-state index is 12.0. The van der Waals surface area contributed by atoms with Crippen LogP contribution in [0.3, 0.4) is 0 Å². The van der Waals surface area contributed by atoms with Crippen molar-refractivity contribution in [2.24, 2.45) is 5.10 Å². The molecule has 0 fully saturated rings. The molecular formula is C16H15Br2N3O2. The average molecular weight is 441 g/mol. The first kappa shape index (κ1) is 17.5. The third-order valence-electron chi connectivity index (χ3n) is 3.07. The molecule has 0 saturated carbocycles. The van der Waals surface area contributed by atoms with Crippen LogP contribution in [0.2, 0.25) is 0 Å². The number of aromatic hydroxyl groups is 1. The molecule has 0 atom stereocenters. The molecule has 0 unspecified atom stereocenters. The van der Waals surface area contributed by atoms with E-state index in [9.17, 15) is 9.90 Å². The molecule has 23 heavy (non-hydrogen) atoms. The van der Waals surface area contributed by atoms with Crippen molar-refractivity contribution in [1.29, 1.82) is 0 Å². The number of anilines is 1. The van der Waals surface area contributed by atoms with Gasteiger partial charge < -0.3 is 10.0 Å². The van der Waals surface area contributed by atoms with E-state index in [1.54, 1.807) is 24.3 Å². The molecule has 0 spiro atoms. The smallest absolute Gasteiger partial charge is 0.271 e. The van der Waals surface area contributed by atoms with Gasteiger partial charge in [-0.25, -0.2) is 5.43 Å². The maximum Gasteiger partial charge on any atom is 0.271 e. The highest BCUT2D eigenvalue weighted by Gasteiger charge is 2.07. The highest BCUT2D eigenvalue weighted by molar-refractivity contribution is 9.11. The summed E-state index contributed by atoms with van der Waals surface area (Å²) in [4.78, 5) is 14.0. The third-order valence-corrected chi connectivity index (χ3v) is 4.14. The van der Waals surface area contributed by atoms with Crippen molar-refractivity contribution in [2.45, 2.75) is 0 Å². The molecule has 0 radical (unpaired) electrons. The summed E-state index contributed by atoms with van der Waals surface area (Å²) in [6, 6.07) is 10.6. The number of hydrogen-bond acceptors (Lipinski definition) is 4. The predicted molar refractivity (Wildman–Crippen MR) is 99.3 cm³/mol. The summed E-state index contributed by atoms with van der Waals surface area (Å²) in [5.74, 6) is -0.262. The van der Waals surface area contributed by atoms with E-state index in [0.29, 0.717) is 15.6 Å². The molecule has 0 aliphatic rings. The van der Waals surface area contributed by atoms with Crippen LogP contribution in [0.25, 0.3) is 0 Å². The van der Waals surface area contributed by atoms with Gasteiger partial charge in [-0.3, -0.25) is 4.79 Å². The van der Waals surface area contributed by atoms with Crippen LogP contribution in [0.1, 0.15) is 15.9 Å². The van der Waals surface area contributed by atoms with Crippen LogP contribution < -0.4 is 10.3 Å². The first-order chi connectivity index (χ1) is 10.9. The minimum atomic E-state index is -0.319. The first-order valence-electron chi connectivity index (χ1n) is 6.67. The van der Waals surface area contributed by atoms with Gasteiger partial charge in [-0.1, -0.05) is 15.9 Å². The number of rotatable bonds is 4. The summed E-state index contributed by atoms with van der Waals surface area (Å²) in [6.07, 6.45) is 1.39. The van der Waals surface area contributed by atoms with Crippen LogP contribution >= 0.6 is 31.9 Å². The summed E-state index contributed by atoms with van der Waals surface area (Å²) < 4.78 is 1.33. The van der Waals surface area contributed by atoms with Gasteiger partial charge in [0.1, 0.15) is 5.75 Å². The Kier molecular flexibility index (Phi) is 5.79. The summed E-state index contributed by atoms with van der Waals surface area (Å²) in [6.45, 7) is 0. The van der Waals surface area contributed by atoms with Gasteiger partial charge in [0.2, 0.25) is 0 Å². The zero-order chi connectivity index (χ0) is 17.0. The molecule has 0 aromatic heterocycles. The fourth-order valence-electron chi connectivity index (χ4n) is 1.82. The zero-order valence-electron chi connectivity index (χ0n) is 12.5. The van der Waals surface area contributed by atoms with Crippen LogP contribution in [0.5, 0.6) is 5.75 Å². The summed E-state index contributed by atoms with van der Waals surface area (Å²) in [5, 5.41) is 13.8. The van der Waals surface area contributed by atoms with Crippen molar-refractivity contribution < 1.29 is 9.90 Å². The lowest BCUT2D eigenvalue weighted by Gasteiger charge is -2.12. The molecule has 0 heterocycles. The largest absolute Gasteiger partial charge is 0.506 e. The zero-order valence-corrected chi connectivity index (χ0v) is 15.7. The van der Waals surface area contributed by atoms with E-state index in [4.69, 9.17) is 0 Å². The number of carbonyl (C=O) groups excluding carboxylic acids is 1. The molecule has 2 rings (SSSR count). The monoisotopic (exact) mass is 439 g/mol.